The Hall–Kier alpha value is -3.80. The zero-order valence-corrected chi connectivity index (χ0v) is 17.0. The maximum atomic E-state index is 11.9. The lowest BCUT2D eigenvalue weighted by Crippen LogP contribution is -2.03. The Balaban J connectivity index is 2.40. The van der Waals surface area contributed by atoms with Crippen molar-refractivity contribution in [2.75, 3.05) is 24.7 Å². The van der Waals surface area contributed by atoms with E-state index >= 15 is 0 Å². The largest absolute Gasteiger partial charge is 0.494 e. The molecule has 154 valence electrons. The zero-order chi connectivity index (χ0) is 21.7. The van der Waals surface area contributed by atoms with E-state index < -0.39 is 0 Å². The molecule has 30 heavy (non-hydrogen) atoms. The van der Waals surface area contributed by atoms with Crippen molar-refractivity contribution in [2.24, 2.45) is 0 Å². The number of hydrogen-bond acceptors (Lipinski definition) is 6. The molecule has 0 aliphatic carbocycles. The summed E-state index contributed by atoms with van der Waals surface area (Å²) in [6.45, 7) is 4.72. The summed E-state index contributed by atoms with van der Waals surface area (Å²) in [5, 5.41) is 0. The molecule has 3 aromatic carbocycles. The molecule has 0 aromatic heterocycles. The highest BCUT2D eigenvalue weighted by Gasteiger charge is 2.21. The number of aldehydes is 2. The van der Waals surface area contributed by atoms with E-state index in [1.807, 2.05) is 13.8 Å². The van der Waals surface area contributed by atoms with E-state index in [0.29, 0.717) is 69.5 Å². The van der Waals surface area contributed by atoms with Gasteiger partial charge < -0.3 is 20.9 Å². The minimum Gasteiger partial charge on any atom is -0.494 e. The maximum Gasteiger partial charge on any atom is 0.150 e. The molecule has 0 radical (unpaired) electrons. The summed E-state index contributed by atoms with van der Waals surface area (Å²) in [7, 11) is 0. The Morgan fingerprint density at radius 3 is 1.43 bits per heavy atom. The Morgan fingerprint density at radius 1 is 0.700 bits per heavy atom. The van der Waals surface area contributed by atoms with Crippen LogP contribution in [0, 0.1) is 0 Å². The summed E-state index contributed by atoms with van der Waals surface area (Å²) in [6.07, 6.45) is 1.48. The molecule has 0 atom stereocenters. The molecule has 0 aliphatic heterocycles. The van der Waals surface area contributed by atoms with Crippen LogP contribution in [-0.2, 0) is 0 Å². The number of benzene rings is 3. The van der Waals surface area contributed by atoms with E-state index in [2.05, 4.69) is 0 Å². The minimum atomic E-state index is 0.386. The molecule has 0 bridgehead atoms. The van der Waals surface area contributed by atoms with Gasteiger partial charge in [0.25, 0.3) is 0 Å². The smallest absolute Gasteiger partial charge is 0.150 e. The first-order valence-electron chi connectivity index (χ1n) is 9.66. The Morgan fingerprint density at radius 2 is 1.10 bits per heavy atom. The highest BCUT2D eigenvalue weighted by molar-refractivity contribution is 6.06. The molecule has 0 fully saturated rings. The predicted octanol–water partition coefficient (Wildman–Crippen LogP) is 4.61. The second-order valence-corrected chi connectivity index (χ2v) is 6.59. The lowest BCUT2D eigenvalue weighted by atomic mass is 9.86. The molecule has 6 heteroatoms. The Bertz CT molecular complexity index is 1010. The van der Waals surface area contributed by atoms with E-state index in [0.717, 1.165) is 12.6 Å². The van der Waals surface area contributed by atoms with Gasteiger partial charge in [-0.05, 0) is 50.2 Å². The predicted molar refractivity (Wildman–Crippen MR) is 119 cm³/mol. The van der Waals surface area contributed by atoms with E-state index in [1.165, 1.54) is 0 Å². The van der Waals surface area contributed by atoms with Crippen LogP contribution in [0.15, 0.2) is 48.5 Å². The van der Waals surface area contributed by atoms with Gasteiger partial charge in [-0.25, -0.2) is 0 Å². The third-order valence-electron chi connectivity index (χ3n) is 4.73. The van der Waals surface area contributed by atoms with Gasteiger partial charge in [0, 0.05) is 44.8 Å². The van der Waals surface area contributed by atoms with Gasteiger partial charge in [-0.3, -0.25) is 9.59 Å². The molecule has 0 spiro atoms. The van der Waals surface area contributed by atoms with Gasteiger partial charge in [0.15, 0.2) is 12.6 Å². The fourth-order valence-electron chi connectivity index (χ4n) is 3.43. The molecule has 0 unspecified atom stereocenters. The summed E-state index contributed by atoms with van der Waals surface area (Å²) in [5.41, 5.74) is 16.4. The standard InChI is InChI=1S/C24H24N2O4/c1-3-29-17-7-9-21(25)19(11-17)23-15(13-27)5-6-16(14-28)24(23)20-12-18(30-4-2)8-10-22(20)26/h5-14H,3-4,25-26H2,1-2H3. The Kier molecular flexibility index (Phi) is 6.37. The minimum absolute atomic E-state index is 0.386. The van der Waals surface area contributed by atoms with Crippen LogP contribution in [0.4, 0.5) is 11.4 Å². The van der Waals surface area contributed by atoms with Gasteiger partial charge >= 0.3 is 0 Å². The van der Waals surface area contributed by atoms with Crippen LogP contribution in [0.2, 0.25) is 0 Å². The van der Waals surface area contributed by atoms with Crippen LogP contribution in [0.3, 0.4) is 0 Å². The second kappa shape index (κ2) is 9.13. The van der Waals surface area contributed by atoms with Crippen LogP contribution >= 0.6 is 0 Å². The van der Waals surface area contributed by atoms with Crippen molar-refractivity contribution in [2.45, 2.75) is 13.8 Å². The fourth-order valence-corrected chi connectivity index (χ4v) is 3.43. The quantitative estimate of drug-likeness (QED) is 0.420. The van der Waals surface area contributed by atoms with Crippen molar-refractivity contribution >= 4 is 23.9 Å². The van der Waals surface area contributed by atoms with Crippen molar-refractivity contribution < 1.29 is 19.1 Å². The summed E-state index contributed by atoms with van der Waals surface area (Å²) in [5.74, 6) is 1.22. The topological polar surface area (TPSA) is 105 Å². The van der Waals surface area contributed by atoms with Crippen molar-refractivity contribution in [1.29, 1.82) is 0 Å². The molecule has 3 rings (SSSR count). The van der Waals surface area contributed by atoms with Gasteiger partial charge in [0.05, 0.1) is 13.2 Å². The lowest BCUT2D eigenvalue weighted by molar-refractivity contribution is 0.111. The first-order valence-corrected chi connectivity index (χ1v) is 9.66. The van der Waals surface area contributed by atoms with Crippen molar-refractivity contribution in [3.8, 4) is 33.8 Å². The van der Waals surface area contributed by atoms with Gasteiger partial charge in [0.2, 0.25) is 0 Å². The van der Waals surface area contributed by atoms with Gasteiger partial charge in [-0.1, -0.05) is 12.1 Å². The number of carbonyl (C=O) groups is 2. The number of hydrogen-bond donors (Lipinski definition) is 2. The van der Waals surface area contributed by atoms with Gasteiger partial charge in [-0.15, -0.1) is 0 Å². The molecular weight excluding hydrogens is 380 g/mol. The van der Waals surface area contributed by atoms with E-state index in [-0.39, 0.29) is 0 Å². The van der Waals surface area contributed by atoms with E-state index in [9.17, 15) is 9.59 Å². The molecule has 6 nitrogen and oxygen atoms in total. The first kappa shape index (κ1) is 20.9. The number of anilines is 2. The van der Waals surface area contributed by atoms with Crippen molar-refractivity contribution in [3.05, 3.63) is 59.7 Å². The second-order valence-electron chi connectivity index (χ2n) is 6.59. The van der Waals surface area contributed by atoms with Crippen LogP contribution in [0.1, 0.15) is 34.6 Å². The number of rotatable bonds is 8. The summed E-state index contributed by atoms with van der Waals surface area (Å²) in [6, 6.07) is 13.7. The molecule has 4 N–H and O–H groups in total. The Labute approximate surface area is 175 Å². The third kappa shape index (κ3) is 3.98. The average Bonchev–Trinajstić information content (AvgIpc) is 2.76. The average molecular weight is 404 g/mol. The SMILES string of the molecule is CCOc1ccc(N)c(-c2c(C=O)ccc(C=O)c2-c2cc(OCC)ccc2N)c1. The summed E-state index contributed by atoms with van der Waals surface area (Å²) >= 11 is 0. The van der Waals surface area contributed by atoms with Crippen LogP contribution in [-0.4, -0.2) is 25.8 Å². The van der Waals surface area contributed by atoms with Crippen LogP contribution < -0.4 is 20.9 Å². The number of carbonyl (C=O) groups excluding carboxylic acids is 2. The summed E-state index contributed by atoms with van der Waals surface area (Å²) in [4.78, 5) is 23.9. The van der Waals surface area contributed by atoms with Gasteiger partial charge in [-0.2, -0.15) is 0 Å². The molecule has 0 saturated carbocycles. The maximum absolute atomic E-state index is 11.9. The number of ether oxygens (including phenoxy) is 2. The first-order chi connectivity index (χ1) is 14.5. The third-order valence-corrected chi connectivity index (χ3v) is 4.73. The van der Waals surface area contributed by atoms with E-state index in [4.69, 9.17) is 20.9 Å². The molecule has 0 aliphatic rings. The van der Waals surface area contributed by atoms with Crippen LogP contribution in [0.5, 0.6) is 11.5 Å². The van der Waals surface area contributed by atoms with E-state index in [1.54, 1.807) is 48.5 Å². The molecule has 0 saturated heterocycles. The van der Waals surface area contributed by atoms with Gasteiger partial charge in [0.1, 0.15) is 11.5 Å². The molecule has 0 amide bonds. The van der Waals surface area contributed by atoms with Crippen molar-refractivity contribution in [1.82, 2.24) is 0 Å². The molecule has 0 heterocycles. The molecule has 3 aromatic rings. The van der Waals surface area contributed by atoms with Crippen molar-refractivity contribution in [3.63, 3.8) is 0 Å². The monoisotopic (exact) mass is 404 g/mol. The fraction of sp³-hybridized carbons (Fsp3) is 0.167. The number of nitrogens with two attached hydrogens (primary N) is 2. The highest BCUT2D eigenvalue weighted by atomic mass is 16.5. The highest BCUT2D eigenvalue weighted by Crippen LogP contribution is 2.43. The lowest BCUT2D eigenvalue weighted by Gasteiger charge is -2.19. The normalized spacial score (nSPS) is 10.5. The number of nitrogen functional groups attached to an aromatic ring is 2. The van der Waals surface area contributed by atoms with Crippen LogP contribution in [0.25, 0.3) is 22.3 Å². The summed E-state index contributed by atoms with van der Waals surface area (Å²) < 4.78 is 11.2. The molecular formula is C24H24N2O4. The zero-order valence-electron chi connectivity index (χ0n) is 17.0.